The number of aromatic nitrogens is 2. The molecule has 6 nitrogen and oxygen atoms in total. The van der Waals surface area contributed by atoms with Crippen LogP contribution in [0.25, 0.3) is 11.1 Å². The number of hydrogen-bond donors (Lipinski definition) is 0. The summed E-state index contributed by atoms with van der Waals surface area (Å²) in [6, 6.07) is 14.6. The molecular weight excluding hydrogens is 557 g/mol. The van der Waals surface area contributed by atoms with Crippen molar-refractivity contribution in [2.24, 2.45) is 4.99 Å². The van der Waals surface area contributed by atoms with E-state index in [1.54, 1.807) is 44.2 Å². The molecule has 4 aromatic rings. The van der Waals surface area contributed by atoms with Gasteiger partial charge in [0.15, 0.2) is 11.6 Å². The zero-order chi connectivity index (χ0) is 30.8. The van der Waals surface area contributed by atoms with Gasteiger partial charge in [-0.1, -0.05) is 48.5 Å². The van der Waals surface area contributed by atoms with E-state index < -0.39 is 52.8 Å². The molecule has 0 aliphatic heterocycles. The van der Waals surface area contributed by atoms with Crippen LogP contribution in [0.15, 0.2) is 81.3 Å². The minimum absolute atomic E-state index is 0.142. The molecule has 11 heteroatoms. The summed E-state index contributed by atoms with van der Waals surface area (Å²) in [4.78, 5) is 32.4. The first-order valence-electron chi connectivity index (χ1n) is 12.9. The van der Waals surface area contributed by atoms with Gasteiger partial charge in [0.05, 0.1) is 37.4 Å². The average molecular weight is 586 g/mol. The second kappa shape index (κ2) is 12.1. The van der Waals surface area contributed by atoms with Crippen molar-refractivity contribution in [2.75, 3.05) is 7.11 Å². The van der Waals surface area contributed by atoms with E-state index in [4.69, 9.17) is 4.74 Å². The zero-order valence-corrected chi connectivity index (χ0v) is 23.3. The fourth-order valence-corrected chi connectivity index (χ4v) is 4.84. The van der Waals surface area contributed by atoms with E-state index in [-0.39, 0.29) is 29.1 Å². The van der Waals surface area contributed by atoms with Crippen LogP contribution < -0.4 is 16.0 Å². The molecule has 0 unspecified atom stereocenters. The Balaban J connectivity index is 2.05. The molecule has 220 valence electrons. The van der Waals surface area contributed by atoms with E-state index in [2.05, 4.69) is 4.99 Å². The van der Waals surface area contributed by atoms with Crippen LogP contribution >= 0.6 is 0 Å². The molecule has 1 aromatic heterocycles. The van der Waals surface area contributed by atoms with Crippen LogP contribution in [0.1, 0.15) is 42.3 Å². The third kappa shape index (κ3) is 6.05. The van der Waals surface area contributed by atoms with Crippen molar-refractivity contribution in [2.45, 2.75) is 46.1 Å². The summed E-state index contributed by atoms with van der Waals surface area (Å²) in [5.74, 6) is -2.27. The van der Waals surface area contributed by atoms with E-state index in [1.807, 2.05) is 0 Å². The number of ether oxygens (including phenoxy) is 1. The Hall–Kier alpha value is -4.54. The van der Waals surface area contributed by atoms with Crippen LogP contribution in [0.3, 0.4) is 0 Å². The predicted octanol–water partition coefficient (Wildman–Crippen LogP) is 6.56. The van der Waals surface area contributed by atoms with Gasteiger partial charge in [0.2, 0.25) is 0 Å². The van der Waals surface area contributed by atoms with Crippen LogP contribution in [0.4, 0.5) is 22.0 Å². The summed E-state index contributed by atoms with van der Waals surface area (Å²) < 4.78 is 78.7. The Labute approximate surface area is 238 Å². The van der Waals surface area contributed by atoms with Crippen molar-refractivity contribution in [1.82, 2.24) is 9.13 Å². The molecule has 4 rings (SSSR count). The summed E-state index contributed by atoms with van der Waals surface area (Å²) >= 11 is 0. The summed E-state index contributed by atoms with van der Waals surface area (Å²) in [5.41, 5.74) is -3.27. The summed E-state index contributed by atoms with van der Waals surface area (Å²) in [7, 11) is 1.24. The maximum Gasteiger partial charge on any atom is 0.416 e. The van der Waals surface area contributed by atoms with Gasteiger partial charge in [-0.25, -0.2) is 13.6 Å². The standard InChI is InChI=1S/C31H28F5N3O3/c1-18(2)37-25(20-10-6-5-7-11-20)17-39-29(40)27(21-12-8-15-26(42-4)28(21)33)19(3)38(30(39)41)16-22-23(31(34,35)36)13-9-14-24(22)32/h5-15,25H,16-17H2,1-4H3/t25-/m0/s1. The van der Waals surface area contributed by atoms with E-state index in [9.17, 15) is 27.2 Å². The van der Waals surface area contributed by atoms with Crippen molar-refractivity contribution in [3.63, 3.8) is 0 Å². The molecule has 0 bridgehead atoms. The Morgan fingerprint density at radius 1 is 0.929 bits per heavy atom. The number of nitrogens with zero attached hydrogens (tertiary/aromatic N) is 3. The van der Waals surface area contributed by atoms with Crippen LogP contribution in [0, 0.1) is 18.6 Å². The molecule has 3 aromatic carbocycles. The molecule has 0 spiro atoms. The highest BCUT2D eigenvalue weighted by molar-refractivity contribution is 5.79. The number of hydrogen-bond acceptors (Lipinski definition) is 4. The molecule has 42 heavy (non-hydrogen) atoms. The molecule has 0 N–H and O–H groups in total. The molecule has 0 saturated heterocycles. The van der Waals surface area contributed by atoms with Crippen LogP contribution in [0.2, 0.25) is 0 Å². The molecule has 0 amide bonds. The summed E-state index contributed by atoms with van der Waals surface area (Å²) in [6.45, 7) is 3.60. The van der Waals surface area contributed by atoms with E-state index in [0.29, 0.717) is 17.3 Å². The number of benzene rings is 3. The molecule has 0 aliphatic rings. The Bertz CT molecular complexity index is 1760. The van der Waals surface area contributed by atoms with Crippen molar-refractivity contribution < 1.29 is 26.7 Å². The SMILES string of the molecule is COc1cccc(-c2c(C)n(Cc3c(F)cccc3C(F)(F)F)c(=O)n(C[C@H](N=C(C)C)c3ccccc3)c2=O)c1F. The van der Waals surface area contributed by atoms with Crippen molar-refractivity contribution >= 4 is 5.71 Å². The maximum absolute atomic E-state index is 15.5. The van der Waals surface area contributed by atoms with Gasteiger partial charge in [-0.15, -0.1) is 0 Å². The fourth-order valence-electron chi connectivity index (χ4n) is 4.84. The quantitative estimate of drug-likeness (QED) is 0.174. The smallest absolute Gasteiger partial charge is 0.416 e. The predicted molar refractivity (Wildman–Crippen MR) is 150 cm³/mol. The van der Waals surface area contributed by atoms with Crippen molar-refractivity contribution in [1.29, 1.82) is 0 Å². The molecule has 0 radical (unpaired) electrons. The highest BCUT2D eigenvalue weighted by Gasteiger charge is 2.35. The Kier molecular flexibility index (Phi) is 8.79. The topological polar surface area (TPSA) is 65.6 Å². The van der Waals surface area contributed by atoms with Gasteiger partial charge in [0, 0.05) is 22.5 Å². The van der Waals surface area contributed by atoms with Crippen LogP contribution in [0.5, 0.6) is 5.75 Å². The minimum Gasteiger partial charge on any atom is -0.494 e. The molecule has 1 atom stereocenters. The lowest BCUT2D eigenvalue weighted by Crippen LogP contribution is -2.43. The lowest BCUT2D eigenvalue weighted by atomic mass is 10.0. The van der Waals surface area contributed by atoms with E-state index in [1.165, 1.54) is 32.2 Å². The normalized spacial score (nSPS) is 12.2. The molecular formula is C31H28F5N3O3. The maximum atomic E-state index is 15.5. The van der Waals surface area contributed by atoms with Gasteiger partial charge in [0.25, 0.3) is 5.56 Å². The third-order valence-electron chi connectivity index (χ3n) is 6.83. The van der Waals surface area contributed by atoms with E-state index in [0.717, 1.165) is 21.3 Å². The molecule has 1 heterocycles. The molecule has 0 fully saturated rings. The number of rotatable bonds is 8. The first kappa shape index (κ1) is 30.4. The first-order valence-corrected chi connectivity index (χ1v) is 12.9. The number of aliphatic imine (C=N–C) groups is 1. The third-order valence-corrected chi connectivity index (χ3v) is 6.83. The molecule has 0 saturated carbocycles. The van der Waals surface area contributed by atoms with Gasteiger partial charge in [-0.2, -0.15) is 13.2 Å². The largest absolute Gasteiger partial charge is 0.494 e. The highest BCUT2D eigenvalue weighted by Crippen LogP contribution is 2.34. The average Bonchev–Trinajstić information content (AvgIpc) is 2.94. The lowest BCUT2D eigenvalue weighted by molar-refractivity contribution is -0.138. The van der Waals surface area contributed by atoms with Gasteiger partial charge in [-0.05, 0) is 44.5 Å². The number of methoxy groups -OCH3 is 1. The number of halogens is 5. The second-order valence-corrected chi connectivity index (χ2v) is 9.83. The van der Waals surface area contributed by atoms with Gasteiger partial charge >= 0.3 is 11.9 Å². The van der Waals surface area contributed by atoms with Crippen LogP contribution in [-0.4, -0.2) is 22.0 Å². The Morgan fingerprint density at radius 2 is 1.60 bits per heavy atom. The van der Waals surface area contributed by atoms with Gasteiger partial charge in [0.1, 0.15) is 5.82 Å². The molecule has 0 aliphatic carbocycles. The van der Waals surface area contributed by atoms with E-state index >= 15 is 4.39 Å². The summed E-state index contributed by atoms with van der Waals surface area (Å²) in [5, 5.41) is 0. The van der Waals surface area contributed by atoms with Gasteiger partial charge in [-0.3, -0.25) is 18.9 Å². The second-order valence-electron chi connectivity index (χ2n) is 9.83. The van der Waals surface area contributed by atoms with Crippen LogP contribution in [-0.2, 0) is 19.3 Å². The monoisotopic (exact) mass is 585 g/mol. The first-order chi connectivity index (χ1) is 19.8. The fraction of sp³-hybridized carbons (Fsp3) is 0.258. The zero-order valence-electron chi connectivity index (χ0n) is 23.3. The van der Waals surface area contributed by atoms with Gasteiger partial charge < -0.3 is 4.74 Å². The van der Waals surface area contributed by atoms with Crippen molar-refractivity contribution in [3.8, 4) is 16.9 Å². The highest BCUT2D eigenvalue weighted by atomic mass is 19.4. The minimum atomic E-state index is -4.92. The lowest BCUT2D eigenvalue weighted by Gasteiger charge is -2.22. The van der Waals surface area contributed by atoms with Crippen molar-refractivity contribution in [3.05, 3.63) is 122 Å². The Morgan fingerprint density at radius 3 is 2.21 bits per heavy atom. The summed E-state index contributed by atoms with van der Waals surface area (Å²) in [6.07, 6.45) is -4.92. The number of alkyl halides is 3.